The van der Waals surface area contributed by atoms with E-state index >= 15 is 0 Å². The van der Waals surface area contributed by atoms with Gasteiger partial charge in [0.1, 0.15) is 0 Å². The quantitative estimate of drug-likeness (QED) is 0.0321. The van der Waals surface area contributed by atoms with E-state index < -0.39 is 12.1 Å². The summed E-state index contributed by atoms with van der Waals surface area (Å²) < 4.78 is 5.48. The van der Waals surface area contributed by atoms with Gasteiger partial charge in [-0.1, -0.05) is 270 Å². The third-order valence-electron chi connectivity index (χ3n) is 13.6. The second-order valence-corrected chi connectivity index (χ2v) is 20.0. The maximum absolute atomic E-state index is 12.4. The molecule has 0 aromatic carbocycles. The number of nitrogens with one attached hydrogen (secondary N) is 1. The molecular formula is C58H113NO5. The van der Waals surface area contributed by atoms with Crippen molar-refractivity contribution in [3.8, 4) is 0 Å². The summed E-state index contributed by atoms with van der Waals surface area (Å²) >= 11 is 0. The zero-order valence-electron chi connectivity index (χ0n) is 43.3. The molecule has 2 atom stereocenters. The van der Waals surface area contributed by atoms with Crippen molar-refractivity contribution in [3.63, 3.8) is 0 Å². The summed E-state index contributed by atoms with van der Waals surface area (Å²) in [6.45, 7) is 4.95. The molecule has 0 bridgehead atoms. The van der Waals surface area contributed by atoms with Crippen LogP contribution in [0, 0.1) is 0 Å². The van der Waals surface area contributed by atoms with Crippen molar-refractivity contribution in [1.82, 2.24) is 5.32 Å². The van der Waals surface area contributed by atoms with E-state index in [1.54, 1.807) is 0 Å². The van der Waals surface area contributed by atoms with Crippen LogP contribution in [0.15, 0.2) is 12.2 Å². The van der Waals surface area contributed by atoms with E-state index in [1.807, 2.05) is 0 Å². The van der Waals surface area contributed by atoms with Crippen LogP contribution in [0.25, 0.3) is 0 Å². The summed E-state index contributed by atoms with van der Waals surface area (Å²) in [5.74, 6) is -0.0333. The Morgan fingerprint density at radius 1 is 0.422 bits per heavy atom. The minimum absolute atomic E-state index is 0.00361. The molecule has 2 unspecified atom stereocenters. The predicted molar refractivity (Wildman–Crippen MR) is 278 cm³/mol. The number of allylic oxidation sites excluding steroid dienone is 2. The van der Waals surface area contributed by atoms with Crippen LogP contribution < -0.4 is 5.32 Å². The third kappa shape index (κ3) is 50.0. The molecule has 0 saturated carbocycles. The van der Waals surface area contributed by atoms with Gasteiger partial charge in [0.25, 0.3) is 0 Å². The first-order valence-electron chi connectivity index (χ1n) is 28.9. The minimum atomic E-state index is -0.663. The van der Waals surface area contributed by atoms with Gasteiger partial charge in [0.15, 0.2) is 0 Å². The highest BCUT2D eigenvalue weighted by Crippen LogP contribution is 2.17. The molecule has 380 valence electrons. The van der Waals surface area contributed by atoms with Crippen LogP contribution in [-0.2, 0) is 14.3 Å². The molecule has 0 aliphatic carbocycles. The highest BCUT2D eigenvalue weighted by atomic mass is 16.5. The largest absolute Gasteiger partial charge is 0.466 e. The number of hydrogen-bond acceptors (Lipinski definition) is 5. The zero-order chi connectivity index (χ0) is 46.5. The van der Waals surface area contributed by atoms with E-state index in [-0.39, 0.29) is 18.5 Å². The fourth-order valence-corrected chi connectivity index (χ4v) is 9.11. The molecule has 6 heteroatoms. The number of carbonyl (C=O) groups is 2. The Balaban J connectivity index is 3.36. The Morgan fingerprint density at radius 3 is 1.11 bits per heavy atom. The highest BCUT2D eigenvalue weighted by molar-refractivity contribution is 5.76. The molecule has 0 aromatic heterocycles. The molecule has 0 saturated heterocycles. The Morgan fingerprint density at radius 2 is 0.734 bits per heavy atom. The average molecular weight is 905 g/mol. The van der Waals surface area contributed by atoms with Crippen molar-refractivity contribution < 1.29 is 24.5 Å². The summed E-state index contributed by atoms with van der Waals surface area (Å²) in [4.78, 5) is 24.5. The van der Waals surface area contributed by atoms with Crippen molar-refractivity contribution in [2.45, 2.75) is 334 Å². The summed E-state index contributed by atoms with van der Waals surface area (Å²) in [7, 11) is 0. The molecule has 0 spiro atoms. The van der Waals surface area contributed by atoms with E-state index in [2.05, 4.69) is 31.3 Å². The van der Waals surface area contributed by atoms with Crippen molar-refractivity contribution in [1.29, 1.82) is 0 Å². The lowest BCUT2D eigenvalue weighted by Gasteiger charge is -2.22. The van der Waals surface area contributed by atoms with Gasteiger partial charge in [-0.3, -0.25) is 9.59 Å². The Kier molecular flexibility index (Phi) is 53.0. The van der Waals surface area contributed by atoms with Crippen LogP contribution in [0.5, 0.6) is 0 Å². The fraction of sp³-hybridized carbons (Fsp3) is 0.931. The topological polar surface area (TPSA) is 95.9 Å². The van der Waals surface area contributed by atoms with E-state index in [1.165, 1.54) is 244 Å². The molecule has 0 aliphatic heterocycles. The summed E-state index contributed by atoms with van der Waals surface area (Å²) in [6, 6.07) is -0.541. The van der Waals surface area contributed by atoms with E-state index in [0.29, 0.717) is 25.9 Å². The molecule has 0 radical (unpaired) electrons. The molecular weight excluding hydrogens is 791 g/mol. The Bertz CT molecular complexity index is 955. The number of carbonyl (C=O) groups excluding carboxylic acids is 2. The number of hydrogen-bond donors (Lipinski definition) is 3. The number of amides is 1. The molecule has 0 rings (SSSR count). The molecule has 0 aliphatic rings. The maximum Gasteiger partial charge on any atom is 0.305 e. The van der Waals surface area contributed by atoms with Crippen molar-refractivity contribution in [2.24, 2.45) is 0 Å². The predicted octanol–water partition coefficient (Wildman–Crippen LogP) is 17.7. The third-order valence-corrected chi connectivity index (χ3v) is 13.6. The highest BCUT2D eigenvalue weighted by Gasteiger charge is 2.20. The minimum Gasteiger partial charge on any atom is -0.466 e. The first-order valence-corrected chi connectivity index (χ1v) is 28.9. The van der Waals surface area contributed by atoms with Gasteiger partial charge in [0.2, 0.25) is 5.91 Å². The average Bonchev–Trinajstić information content (AvgIpc) is 3.29. The van der Waals surface area contributed by atoms with Gasteiger partial charge in [0, 0.05) is 12.8 Å². The monoisotopic (exact) mass is 904 g/mol. The summed E-state index contributed by atoms with van der Waals surface area (Å²) in [5.41, 5.74) is 0. The van der Waals surface area contributed by atoms with E-state index in [4.69, 9.17) is 4.74 Å². The number of ether oxygens (including phenoxy) is 1. The lowest BCUT2D eigenvalue weighted by molar-refractivity contribution is -0.143. The van der Waals surface area contributed by atoms with Crippen LogP contribution >= 0.6 is 0 Å². The van der Waals surface area contributed by atoms with Gasteiger partial charge < -0.3 is 20.3 Å². The fourth-order valence-electron chi connectivity index (χ4n) is 9.11. The zero-order valence-corrected chi connectivity index (χ0v) is 43.3. The molecule has 3 N–H and O–H groups in total. The Hall–Kier alpha value is -1.40. The number of aliphatic hydroxyl groups is 2. The van der Waals surface area contributed by atoms with Crippen molar-refractivity contribution >= 4 is 11.9 Å². The lowest BCUT2D eigenvalue weighted by atomic mass is 10.0. The van der Waals surface area contributed by atoms with Gasteiger partial charge in [0.05, 0.1) is 25.4 Å². The standard InChI is InChI=1S/C58H113NO5/c1-3-5-7-9-11-13-15-16-17-25-28-32-36-40-44-48-52-58(63)64-53-49-45-41-37-33-29-26-23-21-19-18-20-22-24-27-31-35-39-43-47-51-57(62)59-55(54-60)56(61)50-46-42-38-34-30-14-12-10-8-6-4-2/h17,25,55-56,60-61H,3-16,18-24,26-54H2,1-2H3,(H,59,62)/b25-17-. The van der Waals surface area contributed by atoms with Crippen LogP contribution in [0.4, 0.5) is 0 Å². The molecule has 0 heterocycles. The van der Waals surface area contributed by atoms with Crippen LogP contribution in [0.1, 0.15) is 322 Å². The van der Waals surface area contributed by atoms with Gasteiger partial charge in [-0.25, -0.2) is 0 Å². The van der Waals surface area contributed by atoms with Crippen LogP contribution in [0.2, 0.25) is 0 Å². The summed E-state index contributed by atoms with van der Waals surface area (Å²) in [5, 5.41) is 23.2. The lowest BCUT2D eigenvalue weighted by Crippen LogP contribution is -2.45. The second-order valence-electron chi connectivity index (χ2n) is 20.0. The van der Waals surface area contributed by atoms with Crippen LogP contribution in [0.3, 0.4) is 0 Å². The number of unbranched alkanes of at least 4 members (excludes halogenated alkanes) is 41. The van der Waals surface area contributed by atoms with Gasteiger partial charge in [-0.15, -0.1) is 0 Å². The SMILES string of the molecule is CCCCCCCCC/C=C\CCCCCCCC(=O)OCCCCCCCCCCCCCCCCCCCCCCC(=O)NC(CO)C(O)CCCCCCCCCCCCC. The van der Waals surface area contributed by atoms with Gasteiger partial charge in [-0.2, -0.15) is 0 Å². The Labute approximate surface area is 399 Å². The van der Waals surface area contributed by atoms with E-state index in [0.717, 1.165) is 44.9 Å². The molecule has 6 nitrogen and oxygen atoms in total. The van der Waals surface area contributed by atoms with Gasteiger partial charge >= 0.3 is 5.97 Å². The maximum atomic E-state index is 12.4. The molecule has 0 aromatic rings. The molecule has 0 fully saturated rings. The van der Waals surface area contributed by atoms with Gasteiger partial charge in [-0.05, 0) is 51.4 Å². The van der Waals surface area contributed by atoms with Crippen molar-refractivity contribution in [3.05, 3.63) is 12.2 Å². The number of rotatable bonds is 54. The smallest absolute Gasteiger partial charge is 0.305 e. The van der Waals surface area contributed by atoms with E-state index in [9.17, 15) is 19.8 Å². The number of aliphatic hydroxyl groups excluding tert-OH is 2. The van der Waals surface area contributed by atoms with Crippen LogP contribution in [-0.4, -0.2) is 47.4 Å². The second kappa shape index (κ2) is 54.2. The number of esters is 1. The summed E-state index contributed by atoms with van der Waals surface area (Å²) in [6.07, 6.45) is 63.5. The molecule has 64 heavy (non-hydrogen) atoms. The normalized spacial score (nSPS) is 12.6. The first-order chi connectivity index (χ1) is 31.5. The molecule has 1 amide bonds. The first kappa shape index (κ1) is 62.6. The van der Waals surface area contributed by atoms with Crippen molar-refractivity contribution in [2.75, 3.05) is 13.2 Å².